The molecule has 0 amide bonds. The molecule has 2 nitrogen and oxygen atoms in total. The normalized spacial score (nSPS) is 11.5. The molecular weight excluding hydrogens is 380 g/mol. The van der Waals surface area contributed by atoms with E-state index in [1.165, 1.54) is 32.8 Å². The van der Waals surface area contributed by atoms with Crippen LogP contribution in [0.4, 0.5) is 0 Å². The molecule has 0 N–H and O–H groups in total. The van der Waals surface area contributed by atoms with E-state index in [-0.39, 0.29) is 0 Å². The first-order chi connectivity index (χ1) is 11.6. The number of para-hydroxylation sites is 1. The minimum absolute atomic E-state index is 1.11. The first-order valence-corrected chi connectivity index (χ1v) is 9.81. The molecule has 1 aromatic heterocycles. The topological polar surface area (TPSA) is 8.17 Å². The van der Waals surface area contributed by atoms with Crippen LogP contribution in [-0.4, -0.2) is 30.1 Å². The van der Waals surface area contributed by atoms with Gasteiger partial charge in [0.25, 0.3) is 0 Å². The molecular formula is C20H23BrN2S. The van der Waals surface area contributed by atoms with E-state index in [4.69, 9.17) is 0 Å². The van der Waals surface area contributed by atoms with Crippen molar-refractivity contribution in [3.05, 3.63) is 58.6 Å². The van der Waals surface area contributed by atoms with Crippen molar-refractivity contribution >= 4 is 38.6 Å². The van der Waals surface area contributed by atoms with Crippen LogP contribution in [0.2, 0.25) is 0 Å². The molecule has 0 spiro atoms. The van der Waals surface area contributed by atoms with Gasteiger partial charge in [-0.05, 0) is 69.4 Å². The zero-order valence-electron chi connectivity index (χ0n) is 14.4. The van der Waals surface area contributed by atoms with Gasteiger partial charge in [0.1, 0.15) is 0 Å². The second-order valence-corrected chi connectivity index (χ2v) is 8.30. The summed E-state index contributed by atoms with van der Waals surface area (Å²) in [6, 6.07) is 17.3. The molecule has 0 saturated carbocycles. The predicted molar refractivity (Wildman–Crippen MR) is 108 cm³/mol. The van der Waals surface area contributed by atoms with Crippen LogP contribution in [0.25, 0.3) is 10.9 Å². The summed E-state index contributed by atoms with van der Waals surface area (Å²) in [5.74, 6) is 0. The third-order valence-electron chi connectivity index (χ3n) is 4.21. The Labute approximate surface area is 157 Å². The largest absolute Gasteiger partial charge is 0.338 e. The molecule has 0 radical (unpaired) electrons. The highest BCUT2D eigenvalue weighted by Gasteiger charge is 2.15. The lowest BCUT2D eigenvalue weighted by molar-refractivity contribution is 0.400. The molecule has 3 aromatic rings. The molecule has 0 bridgehead atoms. The van der Waals surface area contributed by atoms with Gasteiger partial charge in [-0.15, -0.1) is 0 Å². The number of benzene rings is 2. The maximum absolute atomic E-state index is 3.52. The predicted octanol–water partition coefficient (Wildman–Crippen LogP) is 5.59. The van der Waals surface area contributed by atoms with E-state index in [1.807, 2.05) is 11.8 Å². The lowest BCUT2D eigenvalue weighted by Crippen LogP contribution is -2.13. The molecule has 0 aliphatic rings. The zero-order valence-corrected chi connectivity index (χ0v) is 16.8. The molecule has 0 fully saturated rings. The van der Waals surface area contributed by atoms with Gasteiger partial charge in [0.15, 0.2) is 0 Å². The highest BCUT2D eigenvalue weighted by atomic mass is 79.9. The van der Waals surface area contributed by atoms with Gasteiger partial charge in [-0.2, -0.15) is 0 Å². The van der Waals surface area contributed by atoms with Crippen molar-refractivity contribution < 1.29 is 0 Å². The van der Waals surface area contributed by atoms with Crippen molar-refractivity contribution in [2.45, 2.75) is 22.8 Å². The standard InChI is InChI=1S/C20H23BrN2S/c1-22(2)14-6-8-18-17-7-4-5-9-19(17)23(3)20(18)24-16-12-10-15(21)11-13-16/h4-5,7,9-13H,6,8,14H2,1-3H3. The lowest BCUT2D eigenvalue weighted by Gasteiger charge is -2.11. The summed E-state index contributed by atoms with van der Waals surface area (Å²) < 4.78 is 3.46. The lowest BCUT2D eigenvalue weighted by atomic mass is 10.1. The zero-order chi connectivity index (χ0) is 17.1. The second-order valence-electron chi connectivity index (χ2n) is 6.32. The van der Waals surface area contributed by atoms with Gasteiger partial charge in [-0.1, -0.05) is 45.9 Å². The van der Waals surface area contributed by atoms with E-state index in [0.717, 1.165) is 17.4 Å². The summed E-state index contributed by atoms with van der Waals surface area (Å²) in [4.78, 5) is 3.53. The molecule has 0 aliphatic heterocycles. The monoisotopic (exact) mass is 402 g/mol. The first-order valence-electron chi connectivity index (χ1n) is 8.20. The number of aromatic nitrogens is 1. The highest BCUT2D eigenvalue weighted by molar-refractivity contribution is 9.10. The van der Waals surface area contributed by atoms with Gasteiger partial charge >= 0.3 is 0 Å². The number of halogens is 1. The van der Waals surface area contributed by atoms with Crippen molar-refractivity contribution in [1.29, 1.82) is 0 Å². The van der Waals surface area contributed by atoms with Crippen molar-refractivity contribution in [2.75, 3.05) is 20.6 Å². The van der Waals surface area contributed by atoms with E-state index in [1.54, 1.807) is 0 Å². The summed E-state index contributed by atoms with van der Waals surface area (Å²) in [5.41, 5.74) is 2.79. The third kappa shape index (κ3) is 3.88. The maximum atomic E-state index is 3.52. The van der Waals surface area contributed by atoms with E-state index in [0.29, 0.717) is 0 Å². The molecule has 0 unspecified atom stereocenters. The Morgan fingerprint density at radius 2 is 1.75 bits per heavy atom. The van der Waals surface area contributed by atoms with Gasteiger partial charge in [0.05, 0.1) is 5.03 Å². The smallest absolute Gasteiger partial charge is 0.0837 e. The molecule has 0 saturated heterocycles. The molecule has 1 heterocycles. The van der Waals surface area contributed by atoms with E-state index in [2.05, 4.69) is 95.1 Å². The fourth-order valence-electron chi connectivity index (χ4n) is 3.01. The van der Waals surface area contributed by atoms with E-state index in [9.17, 15) is 0 Å². The number of hydrogen-bond acceptors (Lipinski definition) is 2. The van der Waals surface area contributed by atoms with Crippen LogP contribution in [-0.2, 0) is 13.5 Å². The first kappa shape index (κ1) is 17.6. The Kier molecular flexibility index (Phi) is 5.69. The fourth-order valence-corrected chi connectivity index (χ4v) is 4.34. The Hall–Kier alpha value is -1.23. The summed E-state index contributed by atoms with van der Waals surface area (Å²) in [7, 11) is 6.46. The van der Waals surface area contributed by atoms with E-state index < -0.39 is 0 Å². The third-order valence-corrected chi connectivity index (χ3v) is 5.96. The number of hydrogen-bond donors (Lipinski definition) is 0. The van der Waals surface area contributed by atoms with Gasteiger partial charge < -0.3 is 9.47 Å². The van der Waals surface area contributed by atoms with Crippen LogP contribution in [0.5, 0.6) is 0 Å². The van der Waals surface area contributed by atoms with Gasteiger partial charge in [-0.3, -0.25) is 0 Å². The van der Waals surface area contributed by atoms with Crippen molar-refractivity contribution in [3.63, 3.8) is 0 Å². The van der Waals surface area contributed by atoms with Gasteiger partial charge in [0, 0.05) is 27.3 Å². The molecule has 24 heavy (non-hydrogen) atoms. The van der Waals surface area contributed by atoms with Crippen molar-refractivity contribution in [2.24, 2.45) is 7.05 Å². The van der Waals surface area contributed by atoms with Crippen molar-refractivity contribution in [3.8, 4) is 0 Å². The Morgan fingerprint density at radius 1 is 1.04 bits per heavy atom. The average molecular weight is 403 g/mol. The van der Waals surface area contributed by atoms with Crippen molar-refractivity contribution in [1.82, 2.24) is 9.47 Å². The number of nitrogens with zero attached hydrogens (tertiary/aromatic N) is 2. The average Bonchev–Trinajstić information content (AvgIpc) is 2.83. The van der Waals surface area contributed by atoms with Crippen LogP contribution < -0.4 is 0 Å². The minimum Gasteiger partial charge on any atom is -0.338 e. The van der Waals surface area contributed by atoms with Crippen LogP contribution in [0, 0.1) is 0 Å². The minimum atomic E-state index is 1.11. The van der Waals surface area contributed by atoms with Crippen LogP contribution in [0.3, 0.4) is 0 Å². The van der Waals surface area contributed by atoms with Crippen LogP contribution in [0.15, 0.2) is 62.9 Å². The highest BCUT2D eigenvalue weighted by Crippen LogP contribution is 2.37. The fraction of sp³-hybridized carbons (Fsp3) is 0.300. The molecule has 2 aromatic carbocycles. The quantitative estimate of drug-likeness (QED) is 0.531. The second kappa shape index (κ2) is 7.77. The SMILES string of the molecule is CN(C)CCCc1c(Sc2ccc(Br)cc2)n(C)c2ccccc12. The summed E-state index contributed by atoms with van der Waals surface area (Å²) in [6.07, 6.45) is 2.29. The molecule has 0 atom stereocenters. The summed E-state index contributed by atoms with van der Waals surface area (Å²) in [5, 5.41) is 2.75. The molecule has 3 rings (SSSR count). The summed E-state index contributed by atoms with van der Waals surface area (Å²) >= 11 is 5.38. The number of fused-ring (bicyclic) bond motifs is 1. The Morgan fingerprint density at radius 3 is 2.46 bits per heavy atom. The summed E-state index contributed by atoms with van der Waals surface area (Å²) in [6.45, 7) is 1.12. The Bertz CT molecular complexity index is 822. The molecule has 4 heteroatoms. The Balaban J connectivity index is 1.97. The van der Waals surface area contributed by atoms with Gasteiger partial charge in [0.2, 0.25) is 0 Å². The van der Waals surface area contributed by atoms with Crippen LogP contribution in [0.1, 0.15) is 12.0 Å². The van der Waals surface area contributed by atoms with Gasteiger partial charge in [-0.25, -0.2) is 0 Å². The van der Waals surface area contributed by atoms with Crippen LogP contribution >= 0.6 is 27.7 Å². The van der Waals surface area contributed by atoms with E-state index >= 15 is 0 Å². The molecule has 0 aliphatic carbocycles. The number of rotatable bonds is 6. The maximum Gasteiger partial charge on any atom is 0.0837 e. The number of aryl methyl sites for hydroxylation is 2. The molecule has 126 valence electrons.